The van der Waals surface area contributed by atoms with Crippen molar-refractivity contribution in [3.05, 3.63) is 52.5 Å². The predicted octanol–water partition coefficient (Wildman–Crippen LogP) is 3.07. The zero-order valence-corrected chi connectivity index (χ0v) is 16.3. The lowest BCUT2D eigenvalue weighted by atomic mass is 10.2. The Morgan fingerprint density at radius 2 is 1.84 bits per heavy atom. The summed E-state index contributed by atoms with van der Waals surface area (Å²) >= 11 is 3.36. The van der Waals surface area contributed by atoms with Gasteiger partial charge in [-0.3, -0.25) is 4.79 Å². The second-order valence-corrected chi connectivity index (χ2v) is 8.01. The molecule has 2 rings (SSSR count). The summed E-state index contributed by atoms with van der Waals surface area (Å²) in [6.45, 7) is 1.89. The Hall–Kier alpha value is -1.90. The first-order valence-corrected chi connectivity index (χ1v) is 9.79. The van der Waals surface area contributed by atoms with Gasteiger partial charge in [-0.25, -0.2) is 13.1 Å². The van der Waals surface area contributed by atoms with E-state index in [4.69, 9.17) is 4.74 Å². The van der Waals surface area contributed by atoms with Crippen molar-refractivity contribution in [2.45, 2.75) is 18.2 Å². The average Bonchev–Trinajstić information content (AvgIpc) is 2.57. The Balaban J connectivity index is 1.89. The predicted molar refractivity (Wildman–Crippen MR) is 100 cm³/mol. The molecular weight excluding hydrogens is 408 g/mol. The Morgan fingerprint density at radius 1 is 1.16 bits per heavy atom. The molecule has 0 spiro atoms. The fourth-order valence-electron chi connectivity index (χ4n) is 2.12. The van der Waals surface area contributed by atoms with E-state index in [-0.39, 0.29) is 23.8 Å². The molecule has 2 aromatic carbocycles. The number of amides is 1. The molecule has 2 aromatic rings. The van der Waals surface area contributed by atoms with E-state index in [0.29, 0.717) is 11.4 Å². The number of rotatable bonds is 7. The fraction of sp³-hybridized carbons (Fsp3) is 0.235. The van der Waals surface area contributed by atoms with Gasteiger partial charge in [0.15, 0.2) is 0 Å². The molecule has 8 heteroatoms. The average molecular weight is 427 g/mol. The second kappa shape index (κ2) is 8.46. The van der Waals surface area contributed by atoms with E-state index >= 15 is 0 Å². The Kier molecular flexibility index (Phi) is 6.57. The summed E-state index contributed by atoms with van der Waals surface area (Å²) in [4.78, 5) is 12.1. The van der Waals surface area contributed by atoms with Crippen molar-refractivity contribution in [2.75, 3.05) is 19.0 Å². The normalized spacial score (nSPS) is 11.2. The van der Waals surface area contributed by atoms with Crippen molar-refractivity contribution in [3.8, 4) is 5.75 Å². The van der Waals surface area contributed by atoms with Gasteiger partial charge < -0.3 is 10.1 Å². The minimum absolute atomic E-state index is 0.00969. The third kappa shape index (κ3) is 5.55. The van der Waals surface area contributed by atoms with Crippen LogP contribution in [0.4, 0.5) is 5.69 Å². The van der Waals surface area contributed by atoms with Crippen LogP contribution >= 0.6 is 15.9 Å². The summed E-state index contributed by atoms with van der Waals surface area (Å²) in [5.41, 5.74) is 1.62. The number of carbonyl (C=O) groups excluding carboxylic acids is 1. The molecule has 0 aliphatic heterocycles. The summed E-state index contributed by atoms with van der Waals surface area (Å²) in [6, 6.07) is 11.5. The lowest BCUT2D eigenvalue weighted by Crippen LogP contribution is -2.27. The van der Waals surface area contributed by atoms with Gasteiger partial charge in [0, 0.05) is 23.1 Å². The molecule has 0 unspecified atom stereocenters. The van der Waals surface area contributed by atoms with E-state index in [1.54, 1.807) is 18.2 Å². The van der Waals surface area contributed by atoms with Gasteiger partial charge in [0.1, 0.15) is 5.75 Å². The number of aryl methyl sites for hydroxylation is 1. The molecule has 0 saturated carbocycles. The van der Waals surface area contributed by atoms with E-state index in [1.165, 1.54) is 19.2 Å². The van der Waals surface area contributed by atoms with Crippen LogP contribution in [0.1, 0.15) is 12.0 Å². The number of hydrogen-bond donors (Lipinski definition) is 2. The number of nitrogens with one attached hydrogen (secondary N) is 2. The van der Waals surface area contributed by atoms with E-state index in [2.05, 4.69) is 26.0 Å². The number of ether oxygens (including phenoxy) is 1. The van der Waals surface area contributed by atoms with Crippen LogP contribution in [0.2, 0.25) is 0 Å². The molecule has 0 aliphatic carbocycles. The van der Waals surface area contributed by atoms with Crippen LogP contribution in [0, 0.1) is 6.92 Å². The summed E-state index contributed by atoms with van der Waals surface area (Å²) < 4.78 is 32.7. The van der Waals surface area contributed by atoms with Gasteiger partial charge in [0.05, 0.1) is 12.0 Å². The zero-order chi connectivity index (χ0) is 18.4. The summed E-state index contributed by atoms with van der Waals surface area (Å²) in [5, 5.41) is 2.77. The van der Waals surface area contributed by atoms with Crippen LogP contribution in [-0.4, -0.2) is 28.0 Å². The highest BCUT2D eigenvalue weighted by Crippen LogP contribution is 2.20. The third-order valence-corrected chi connectivity index (χ3v) is 5.45. The number of hydrogen-bond acceptors (Lipinski definition) is 4. The molecule has 0 radical (unpaired) electrons. The van der Waals surface area contributed by atoms with Gasteiger partial charge in [-0.15, -0.1) is 0 Å². The molecule has 134 valence electrons. The Morgan fingerprint density at radius 3 is 2.44 bits per heavy atom. The minimum atomic E-state index is -3.66. The van der Waals surface area contributed by atoms with E-state index in [0.717, 1.165) is 10.0 Å². The van der Waals surface area contributed by atoms with E-state index in [9.17, 15) is 13.2 Å². The number of benzene rings is 2. The molecule has 1 amide bonds. The molecule has 2 N–H and O–H groups in total. The quantitative estimate of drug-likeness (QED) is 0.712. The summed E-state index contributed by atoms with van der Waals surface area (Å²) in [6.07, 6.45) is 0.0326. The van der Waals surface area contributed by atoms with Gasteiger partial charge in [-0.1, -0.05) is 15.9 Å². The molecule has 0 aliphatic rings. The van der Waals surface area contributed by atoms with Crippen LogP contribution in [0.5, 0.6) is 5.75 Å². The van der Waals surface area contributed by atoms with E-state index < -0.39 is 10.0 Å². The topological polar surface area (TPSA) is 84.5 Å². The van der Waals surface area contributed by atoms with E-state index in [1.807, 2.05) is 19.1 Å². The number of sulfonamides is 1. The molecule has 0 aromatic heterocycles. The highest BCUT2D eigenvalue weighted by atomic mass is 79.9. The minimum Gasteiger partial charge on any atom is -0.497 e. The maximum Gasteiger partial charge on any atom is 0.240 e. The molecule has 0 saturated heterocycles. The molecule has 6 nitrogen and oxygen atoms in total. The Bertz CT molecular complexity index is 851. The first-order chi connectivity index (χ1) is 11.8. The van der Waals surface area contributed by atoms with Gasteiger partial charge in [-0.2, -0.15) is 0 Å². The van der Waals surface area contributed by atoms with Crippen LogP contribution in [0.25, 0.3) is 0 Å². The molecule has 0 atom stereocenters. The van der Waals surface area contributed by atoms with Gasteiger partial charge in [-0.05, 0) is 55.0 Å². The lowest BCUT2D eigenvalue weighted by Gasteiger charge is -2.10. The third-order valence-electron chi connectivity index (χ3n) is 3.48. The highest BCUT2D eigenvalue weighted by molar-refractivity contribution is 9.10. The van der Waals surface area contributed by atoms with Gasteiger partial charge in [0.25, 0.3) is 0 Å². The number of halogens is 1. The maximum atomic E-state index is 12.2. The number of anilines is 1. The fourth-order valence-corrected chi connectivity index (χ4v) is 3.62. The van der Waals surface area contributed by atoms with Crippen molar-refractivity contribution < 1.29 is 17.9 Å². The molecule has 25 heavy (non-hydrogen) atoms. The number of methoxy groups -OCH3 is 1. The largest absolute Gasteiger partial charge is 0.497 e. The summed E-state index contributed by atoms with van der Waals surface area (Å²) in [7, 11) is -2.15. The van der Waals surface area contributed by atoms with Gasteiger partial charge in [0.2, 0.25) is 15.9 Å². The summed E-state index contributed by atoms with van der Waals surface area (Å²) in [5.74, 6) is 0.311. The second-order valence-electron chi connectivity index (χ2n) is 5.33. The van der Waals surface area contributed by atoms with Crippen molar-refractivity contribution in [1.82, 2.24) is 4.72 Å². The lowest BCUT2D eigenvalue weighted by molar-refractivity contribution is -0.116. The van der Waals surface area contributed by atoms with Gasteiger partial charge >= 0.3 is 0 Å². The smallest absolute Gasteiger partial charge is 0.240 e. The molecular formula is C17H19BrN2O4S. The maximum absolute atomic E-state index is 12.2. The first-order valence-electron chi connectivity index (χ1n) is 7.51. The van der Waals surface area contributed by atoms with Crippen molar-refractivity contribution in [2.24, 2.45) is 0 Å². The van der Waals surface area contributed by atoms with Crippen LogP contribution in [0.15, 0.2) is 51.8 Å². The standard InChI is InChI=1S/C17H19BrN2O4S/c1-12-11-13(18)3-8-16(12)20-17(21)9-10-19-25(22,23)15-6-4-14(24-2)5-7-15/h3-8,11,19H,9-10H2,1-2H3,(H,20,21). The van der Waals surface area contributed by atoms with Crippen molar-refractivity contribution in [1.29, 1.82) is 0 Å². The molecule has 0 heterocycles. The SMILES string of the molecule is COc1ccc(S(=O)(=O)NCCC(=O)Nc2ccc(Br)cc2C)cc1. The number of carbonyl (C=O) groups is 1. The van der Waals surface area contributed by atoms with Crippen molar-refractivity contribution in [3.63, 3.8) is 0 Å². The van der Waals surface area contributed by atoms with Crippen LogP contribution in [0.3, 0.4) is 0 Å². The zero-order valence-electron chi connectivity index (χ0n) is 13.9. The first kappa shape index (κ1) is 19.4. The molecule has 0 bridgehead atoms. The van der Waals surface area contributed by atoms with Crippen LogP contribution in [-0.2, 0) is 14.8 Å². The highest BCUT2D eigenvalue weighted by Gasteiger charge is 2.14. The monoisotopic (exact) mass is 426 g/mol. The molecule has 0 fully saturated rings. The Labute approximate surface area is 155 Å². The van der Waals surface area contributed by atoms with Crippen molar-refractivity contribution >= 4 is 37.5 Å². The van der Waals surface area contributed by atoms with Crippen LogP contribution < -0.4 is 14.8 Å².